The quantitative estimate of drug-likeness (QED) is 0.852. The Labute approximate surface area is 107 Å². The molecule has 2 aromatic rings. The van der Waals surface area contributed by atoms with Crippen LogP contribution in [-0.4, -0.2) is 16.5 Å². The number of hydrogen-bond donors (Lipinski definition) is 0. The predicted octanol–water partition coefficient (Wildman–Crippen LogP) is 2.88. The number of methoxy groups -OCH3 is 1. The SMILES string of the molecule is COc1ccc(C#N)c(Sc2nc(C)ns2)c1. The molecule has 0 atom stereocenters. The molecule has 0 fully saturated rings. The van der Waals surface area contributed by atoms with Gasteiger partial charge in [-0.05, 0) is 36.7 Å². The summed E-state index contributed by atoms with van der Waals surface area (Å²) >= 11 is 2.76. The summed E-state index contributed by atoms with van der Waals surface area (Å²) < 4.78 is 10.1. The molecular formula is C11H9N3OS2. The van der Waals surface area contributed by atoms with Crippen molar-refractivity contribution >= 4 is 23.3 Å². The van der Waals surface area contributed by atoms with Gasteiger partial charge < -0.3 is 4.74 Å². The van der Waals surface area contributed by atoms with E-state index in [0.29, 0.717) is 5.56 Å². The first-order valence-electron chi connectivity index (χ1n) is 4.79. The molecule has 0 radical (unpaired) electrons. The first-order valence-corrected chi connectivity index (χ1v) is 6.38. The molecule has 2 rings (SSSR count). The van der Waals surface area contributed by atoms with Crippen LogP contribution >= 0.6 is 23.3 Å². The van der Waals surface area contributed by atoms with Crippen LogP contribution in [0.5, 0.6) is 5.75 Å². The van der Waals surface area contributed by atoms with Crippen LogP contribution in [-0.2, 0) is 0 Å². The largest absolute Gasteiger partial charge is 0.497 e. The molecule has 0 saturated heterocycles. The van der Waals surface area contributed by atoms with E-state index in [0.717, 1.165) is 20.8 Å². The molecule has 6 heteroatoms. The summed E-state index contributed by atoms with van der Waals surface area (Å²) in [6.45, 7) is 1.84. The second-order valence-electron chi connectivity index (χ2n) is 3.18. The third-order valence-electron chi connectivity index (χ3n) is 2.02. The molecule has 0 N–H and O–H groups in total. The predicted molar refractivity (Wildman–Crippen MR) is 66.5 cm³/mol. The van der Waals surface area contributed by atoms with E-state index in [-0.39, 0.29) is 0 Å². The average molecular weight is 263 g/mol. The van der Waals surface area contributed by atoms with Gasteiger partial charge in [-0.15, -0.1) is 0 Å². The maximum Gasteiger partial charge on any atom is 0.174 e. The molecule has 0 amide bonds. The topological polar surface area (TPSA) is 58.8 Å². The van der Waals surface area contributed by atoms with E-state index in [9.17, 15) is 0 Å². The molecule has 86 valence electrons. The van der Waals surface area contributed by atoms with Crippen molar-refractivity contribution in [1.29, 1.82) is 5.26 Å². The summed E-state index contributed by atoms with van der Waals surface area (Å²) in [6.07, 6.45) is 0. The van der Waals surface area contributed by atoms with Gasteiger partial charge in [0.15, 0.2) is 4.34 Å². The molecule has 1 aromatic heterocycles. The van der Waals surface area contributed by atoms with Crippen molar-refractivity contribution < 1.29 is 4.74 Å². The third kappa shape index (κ3) is 2.75. The summed E-state index contributed by atoms with van der Waals surface area (Å²) in [5.74, 6) is 1.48. The van der Waals surface area contributed by atoms with Crippen molar-refractivity contribution in [2.75, 3.05) is 7.11 Å². The second kappa shape index (κ2) is 5.17. The molecule has 0 aliphatic heterocycles. The zero-order valence-electron chi connectivity index (χ0n) is 9.30. The van der Waals surface area contributed by atoms with Crippen LogP contribution in [0.25, 0.3) is 0 Å². The van der Waals surface area contributed by atoms with Crippen LogP contribution in [0.1, 0.15) is 11.4 Å². The van der Waals surface area contributed by atoms with Crippen LogP contribution in [0.2, 0.25) is 0 Å². The van der Waals surface area contributed by atoms with E-state index in [2.05, 4.69) is 15.4 Å². The van der Waals surface area contributed by atoms with Crippen molar-refractivity contribution in [1.82, 2.24) is 9.36 Å². The normalized spacial score (nSPS) is 9.94. The molecule has 0 bridgehead atoms. The van der Waals surface area contributed by atoms with Gasteiger partial charge in [0.25, 0.3) is 0 Å². The monoisotopic (exact) mass is 263 g/mol. The van der Waals surface area contributed by atoms with Gasteiger partial charge in [0.1, 0.15) is 17.6 Å². The molecule has 0 unspecified atom stereocenters. The van der Waals surface area contributed by atoms with Gasteiger partial charge in [-0.1, -0.05) is 11.8 Å². The molecule has 1 aromatic carbocycles. The summed E-state index contributed by atoms with van der Waals surface area (Å²) in [7, 11) is 1.60. The van der Waals surface area contributed by atoms with Crippen LogP contribution in [0.4, 0.5) is 0 Å². The second-order valence-corrected chi connectivity index (χ2v) is 5.22. The van der Waals surface area contributed by atoms with E-state index < -0.39 is 0 Å². The molecule has 17 heavy (non-hydrogen) atoms. The number of hydrogen-bond acceptors (Lipinski definition) is 6. The van der Waals surface area contributed by atoms with Crippen molar-refractivity contribution in [2.24, 2.45) is 0 Å². The molecule has 0 aliphatic carbocycles. The van der Waals surface area contributed by atoms with Crippen molar-refractivity contribution in [2.45, 2.75) is 16.2 Å². The van der Waals surface area contributed by atoms with Crippen molar-refractivity contribution in [3.8, 4) is 11.8 Å². The van der Waals surface area contributed by atoms with Crippen LogP contribution in [0.3, 0.4) is 0 Å². The molecule has 0 aliphatic rings. The van der Waals surface area contributed by atoms with Gasteiger partial charge >= 0.3 is 0 Å². The van der Waals surface area contributed by atoms with E-state index in [1.165, 1.54) is 23.3 Å². The van der Waals surface area contributed by atoms with Gasteiger partial charge in [-0.2, -0.15) is 9.64 Å². The fraction of sp³-hybridized carbons (Fsp3) is 0.182. The number of benzene rings is 1. The molecule has 1 heterocycles. The van der Waals surface area contributed by atoms with E-state index >= 15 is 0 Å². The highest BCUT2D eigenvalue weighted by Gasteiger charge is 2.09. The third-order valence-corrected chi connectivity index (χ3v) is 3.92. The highest BCUT2D eigenvalue weighted by atomic mass is 32.2. The zero-order chi connectivity index (χ0) is 12.3. The fourth-order valence-electron chi connectivity index (χ4n) is 1.22. The Balaban J connectivity index is 2.33. The smallest absolute Gasteiger partial charge is 0.174 e. The van der Waals surface area contributed by atoms with Gasteiger partial charge in [0.2, 0.25) is 0 Å². The first-order chi connectivity index (χ1) is 8.22. The fourth-order valence-corrected chi connectivity index (χ4v) is 2.94. The molecule has 0 spiro atoms. The Hall–Kier alpha value is -1.58. The number of aromatic nitrogens is 2. The Morgan fingerprint density at radius 3 is 2.88 bits per heavy atom. The van der Waals surface area contributed by atoms with E-state index in [1.807, 2.05) is 13.0 Å². The Kier molecular flexibility index (Phi) is 3.61. The van der Waals surface area contributed by atoms with Crippen LogP contribution in [0.15, 0.2) is 27.4 Å². The van der Waals surface area contributed by atoms with Crippen LogP contribution in [0, 0.1) is 18.3 Å². The summed E-state index contributed by atoms with van der Waals surface area (Å²) in [4.78, 5) is 5.09. The van der Waals surface area contributed by atoms with Gasteiger partial charge in [0, 0.05) is 4.90 Å². The van der Waals surface area contributed by atoms with Crippen LogP contribution < -0.4 is 4.74 Å². The lowest BCUT2D eigenvalue weighted by molar-refractivity contribution is 0.413. The Morgan fingerprint density at radius 1 is 1.47 bits per heavy atom. The Bertz CT molecular complexity index is 574. The number of rotatable bonds is 3. The van der Waals surface area contributed by atoms with Gasteiger partial charge in [-0.25, -0.2) is 4.98 Å². The van der Waals surface area contributed by atoms with E-state index in [1.54, 1.807) is 19.2 Å². The highest BCUT2D eigenvalue weighted by Crippen LogP contribution is 2.33. The molecular weight excluding hydrogens is 254 g/mol. The lowest BCUT2D eigenvalue weighted by Gasteiger charge is -2.04. The minimum atomic E-state index is 0.614. The number of nitriles is 1. The minimum Gasteiger partial charge on any atom is -0.497 e. The van der Waals surface area contributed by atoms with Gasteiger partial charge in [-0.3, -0.25) is 0 Å². The standard InChI is InChI=1S/C11H9N3OS2/c1-7-13-11(17-14-7)16-10-5-9(15-2)4-3-8(10)6-12/h3-5H,1-2H3. The Morgan fingerprint density at radius 2 is 2.29 bits per heavy atom. The van der Waals surface area contributed by atoms with Crippen molar-refractivity contribution in [3.63, 3.8) is 0 Å². The first kappa shape index (κ1) is 11.9. The summed E-state index contributed by atoms with van der Waals surface area (Å²) in [5.41, 5.74) is 0.614. The maximum atomic E-state index is 9.03. The summed E-state index contributed by atoms with van der Waals surface area (Å²) in [5, 5.41) is 9.03. The highest BCUT2D eigenvalue weighted by molar-refractivity contribution is 8.01. The van der Waals surface area contributed by atoms with Crippen molar-refractivity contribution in [3.05, 3.63) is 29.6 Å². The average Bonchev–Trinajstić information content (AvgIpc) is 2.74. The van der Waals surface area contributed by atoms with Gasteiger partial charge in [0.05, 0.1) is 12.7 Å². The number of nitrogens with zero attached hydrogens (tertiary/aromatic N) is 3. The molecule has 4 nitrogen and oxygen atoms in total. The summed E-state index contributed by atoms with van der Waals surface area (Å²) in [6, 6.07) is 7.50. The molecule has 0 saturated carbocycles. The van der Waals surface area contributed by atoms with E-state index in [4.69, 9.17) is 10.00 Å². The zero-order valence-corrected chi connectivity index (χ0v) is 10.9. The lowest BCUT2D eigenvalue weighted by atomic mass is 10.2. The number of ether oxygens (including phenoxy) is 1. The lowest BCUT2D eigenvalue weighted by Crippen LogP contribution is -1.86. The maximum absolute atomic E-state index is 9.03. The number of aryl methyl sites for hydroxylation is 1. The minimum absolute atomic E-state index is 0.614.